The van der Waals surface area contributed by atoms with Crippen LogP contribution >= 0.6 is 15.9 Å². The maximum absolute atomic E-state index is 10.8. The molecule has 1 heterocycles. The molecule has 0 radical (unpaired) electrons. The quantitative estimate of drug-likeness (QED) is 0.927. The maximum atomic E-state index is 10.8. The first-order valence-corrected chi connectivity index (χ1v) is 6.49. The van der Waals surface area contributed by atoms with Crippen molar-refractivity contribution in [3.8, 4) is 0 Å². The van der Waals surface area contributed by atoms with E-state index < -0.39 is 5.60 Å². The summed E-state index contributed by atoms with van der Waals surface area (Å²) >= 11 is 3.33. The number of nitrogens with zero attached hydrogens (tertiary/aromatic N) is 3. The van der Waals surface area contributed by atoms with Gasteiger partial charge in [0.1, 0.15) is 11.3 Å². The molecule has 18 heavy (non-hydrogen) atoms. The molecule has 2 aromatic rings. The topological polar surface area (TPSA) is 50.9 Å². The van der Waals surface area contributed by atoms with Gasteiger partial charge in [-0.2, -0.15) is 0 Å². The van der Waals surface area contributed by atoms with E-state index in [1.54, 1.807) is 18.7 Å². The summed E-state index contributed by atoms with van der Waals surface area (Å²) < 4.78 is 2.15. The van der Waals surface area contributed by atoms with E-state index in [1.807, 2.05) is 25.1 Å². The third kappa shape index (κ3) is 2.08. The van der Waals surface area contributed by atoms with Crippen molar-refractivity contribution in [2.75, 3.05) is 0 Å². The highest BCUT2D eigenvalue weighted by Crippen LogP contribution is 2.33. The van der Waals surface area contributed by atoms with Crippen LogP contribution in [0.1, 0.15) is 29.3 Å². The zero-order valence-corrected chi connectivity index (χ0v) is 12.5. The predicted molar refractivity (Wildman–Crippen MR) is 73.3 cm³/mol. The highest BCUT2D eigenvalue weighted by molar-refractivity contribution is 9.10. The van der Waals surface area contributed by atoms with Crippen LogP contribution in [0.15, 0.2) is 22.8 Å². The Morgan fingerprint density at radius 1 is 1.28 bits per heavy atom. The van der Waals surface area contributed by atoms with Gasteiger partial charge in [-0.1, -0.05) is 23.4 Å². The van der Waals surface area contributed by atoms with Gasteiger partial charge in [0.15, 0.2) is 4.60 Å². The fourth-order valence-electron chi connectivity index (χ4n) is 2.03. The highest BCUT2D eigenvalue weighted by Gasteiger charge is 2.32. The van der Waals surface area contributed by atoms with Crippen LogP contribution in [0.4, 0.5) is 0 Å². The first-order chi connectivity index (χ1) is 8.34. The Morgan fingerprint density at radius 3 is 2.44 bits per heavy atom. The monoisotopic (exact) mass is 309 g/mol. The highest BCUT2D eigenvalue weighted by atomic mass is 79.9. The molecule has 0 aliphatic heterocycles. The lowest BCUT2D eigenvalue weighted by molar-refractivity contribution is 0.0920. The zero-order valence-electron chi connectivity index (χ0n) is 10.9. The van der Waals surface area contributed by atoms with Crippen molar-refractivity contribution in [1.82, 2.24) is 15.0 Å². The van der Waals surface area contributed by atoms with Gasteiger partial charge in [0.05, 0.1) is 0 Å². The third-order valence-corrected chi connectivity index (χ3v) is 3.85. The van der Waals surface area contributed by atoms with E-state index in [0.29, 0.717) is 10.3 Å². The Morgan fingerprint density at radius 2 is 1.94 bits per heavy atom. The minimum absolute atomic E-state index is 0.563. The molecule has 1 unspecified atom stereocenters. The number of halogens is 1. The van der Waals surface area contributed by atoms with Gasteiger partial charge in [0.2, 0.25) is 0 Å². The second-order valence-corrected chi connectivity index (χ2v) is 5.47. The summed E-state index contributed by atoms with van der Waals surface area (Å²) in [5.74, 6) is 0. The van der Waals surface area contributed by atoms with Crippen LogP contribution in [0.2, 0.25) is 0 Å². The van der Waals surface area contributed by atoms with Crippen molar-refractivity contribution in [3.05, 3.63) is 45.2 Å². The Hall–Kier alpha value is -1.20. The Balaban J connectivity index is 2.57. The van der Waals surface area contributed by atoms with E-state index in [4.69, 9.17) is 0 Å². The van der Waals surface area contributed by atoms with Crippen molar-refractivity contribution < 1.29 is 5.11 Å². The molecule has 0 bridgehead atoms. The minimum atomic E-state index is -1.13. The predicted octanol–water partition coefficient (Wildman–Crippen LogP) is 2.45. The van der Waals surface area contributed by atoms with Gasteiger partial charge < -0.3 is 5.11 Å². The minimum Gasteiger partial charge on any atom is -0.379 e. The van der Waals surface area contributed by atoms with Crippen molar-refractivity contribution in [1.29, 1.82) is 0 Å². The van der Waals surface area contributed by atoms with Gasteiger partial charge in [-0.15, -0.1) is 5.10 Å². The van der Waals surface area contributed by atoms with Crippen molar-refractivity contribution in [3.63, 3.8) is 0 Å². The number of hydrogen-bond acceptors (Lipinski definition) is 3. The van der Waals surface area contributed by atoms with E-state index in [2.05, 4.69) is 33.2 Å². The van der Waals surface area contributed by atoms with E-state index in [0.717, 1.165) is 11.1 Å². The van der Waals surface area contributed by atoms with Crippen LogP contribution < -0.4 is 0 Å². The van der Waals surface area contributed by atoms with Crippen LogP contribution in [0, 0.1) is 13.8 Å². The van der Waals surface area contributed by atoms with Crippen molar-refractivity contribution in [2.45, 2.75) is 26.4 Å². The second-order valence-electron chi connectivity index (χ2n) is 4.72. The van der Waals surface area contributed by atoms with Crippen LogP contribution in [-0.4, -0.2) is 20.1 Å². The van der Waals surface area contributed by atoms with E-state index >= 15 is 0 Å². The molecule has 1 aromatic carbocycles. The number of aliphatic hydroxyl groups is 1. The van der Waals surface area contributed by atoms with Crippen LogP contribution in [0.5, 0.6) is 0 Å². The normalized spacial score (nSPS) is 14.6. The average Bonchev–Trinajstić information content (AvgIpc) is 2.62. The molecule has 0 saturated heterocycles. The molecule has 0 aliphatic rings. The molecule has 0 amide bonds. The molecule has 2 rings (SSSR count). The number of hydrogen-bond donors (Lipinski definition) is 1. The zero-order chi connectivity index (χ0) is 13.5. The molecule has 0 aliphatic carbocycles. The summed E-state index contributed by atoms with van der Waals surface area (Å²) in [6.07, 6.45) is 0. The number of aryl methyl sites for hydroxylation is 3. The first kappa shape index (κ1) is 13.2. The Labute approximate surface area is 115 Å². The van der Waals surface area contributed by atoms with Gasteiger partial charge in [0.25, 0.3) is 0 Å². The fourth-order valence-corrected chi connectivity index (χ4v) is 2.74. The lowest BCUT2D eigenvalue weighted by atomic mass is 9.90. The van der Waals surface area contributed by atoms with E-state index in [9.17, 15) is 5.11 Å². The molecule has 0 fully saturated rings. The molecule has 1 N–H and O–H groups in total. The van der Waals surface area contributed by atoms with Gasteiger partial charge >= 0.3 is 0 Å². The number of rotatable bonds is 2. The maximum Gasteiger partial charge on any atom is 0.154 e. The smallest absolute Gasteiger partial charge is 0.154 e. The van der Waals surface area contributed by atoms with Gasteiger partial charge in [-0.25, -0.2) is 4.68 Å². The first-order valence-electron chi connectivity index (χ1n) is 5.70. The second kappa shape index (κ2) is 4.48. The lowest BCUT2D eigenvalue weighted by Gasteiger charge is -2.24. The van der Waals surface area contributed by atoms with Gasteiger partial charge in [-0.05, 0) is 53.4 Å². The molecular weight excluding hydrogens is 294 g/mol. The van der Waals surface area contributed by atoms with Crippen molar-refractivity contribution in [2.24, 2.45) is 7.05 Å². The molecule has 96 valence electrons. The number of aromatic nitrogens is 3. The summed E-state index contributed by atoms with van der Waals surface area (Å²) in [5, 5.41) is 18.6. The summed E-state index contributed by atoms with van der Waals surface area (Å²) in [5.41, 5.74) is 2.70. The fraction of sp³-hybridized carbons (Fsp3) is 0.385. The summed E-state index contributed by atoms with van der Waals surface area (Å²) in [7, 11) is 1.77. The summed E-state index contributed by atoms with van der Waals surface area (Å²) in [6, 6.07) is 5.94. The largest absolute Gasteiger partial charge is 0.379 e. The molecule has 1 atom stereocenters. The summed E-state index contributed by atoms with van der Waals surface area (Å²) in [6.45, 7) is 5.83. The van der Waals surface area contributed by atoms with E-state index in [-0.39, 0.29) is 0 Å². The Kier molecular flexibility index (Phi) is 3.29. The Bertz CT molecular complexity index is 570. The third-order valence-electron chi connectivity index (χ3n) is 3.32. The van der Waals surface area contributed by atoms with Gasteiger partial charge in [0, 0.05) is 7.05 Å². The standard InChI is InChI=1S/C13H16BrN3O/c1-8-5-6-10(7-9(8)2)13(3,18)11-12(14)15-16-17(11)4/h5-7,18H,1-4H3. The molecule has 0 spiro atoms. The van der Waals surface area contributed by atoms with E-state index in [1.165, 1.54) is 5.56 Å². The lowest BCUT2D eigenvalue weighted by Crippen LogP contribution is -2.26. The van der Waals surface area contributed by atoms with Crippen LogP contribution in [-0.2, 0) is 12.6 Å². The average molecular weight is 310 g/mol. The summed E-state index contributed by atoms with van der Waals surface area (Å²) in [4.78, 5) is 0. The van der Waals surface area contributed by atoms with Gasteiger partial charge in [-0.3, -0.25) is 0 Å². The molecule has 0 saturated carbocycles. The van der Waals surface area contributed by atoms with Crippen molar-refractivity contribution >= 4 is 15.9 Å². The molecule has 5 heteroatoms. The number of benzene rings is 1. The SMILES string of the molecule is Cc1ccc(C(C)(O)c2c(Br)nnn2C)cc1C. The van der Waals surface area contributed by atoms with Crippen LogP contribution in [0.25, 0.3) is 0 Å². The molecule has 1 aromatic heterocycles. The molecular formula is C13H16BrN3O. The van der Waals surface area contributed by atoms with Crippen LogP contribution in [0.3, 0.4) is 0 Å². The molecule has 4 nitrogen and oxygen atoms in total.